The summed E-state index contributed by atoms with van der Waals surface area (Å²) in [4.78, 5) is 0. The Kier molecular flexibility index (Phi) is 6.28. The van der Waals surface area contributed by atoms with E-state index in [-0.39, 0.29) is 0 Å². The summed E-state index contributed by atoms with van der Waals surface area (Å²) in [6, 6.07) is 18.9. The molecule has 2 heteroatoms. The van der Waals surface area contributed by atoms with E-state index in [1.165, 1.54) is 11.1 Å². The van der Waals surface area contributed by atoms with Crippen LogP contribution in [0.15, 0.2) is 54.6 Å². The summed E-state index contributed by atoms with van der Waals surface area (Å²) < 4.78 is 0. The number of hydrogen-bond donors (Lipinski definition) is 1. The lowest BCUT2D eigenvalue weighted by Gasteiger charge is -2.22. The van der Waals surface area contributed by atoms with Crippen molar-refractivity contribution in [3.63, 3.8) is 0 Å². The molecule has 0 saturated carbocycles. The van der Waals surface area contributed by atoms with E-state index in [1.54, 1.807) is 0 Å². The van der Waals surface area contributed by atoms with Gasteiger partial charge in [0.2, 0.25) is 0 Å². The van der Waals surface area contributed by atoms with Gasteiger partial charge in [-0.2, -0.15) is 0 Å². The first-order valence-corrected chi connectivity index (χ1v) is 8.04. The zero-order valence-electron chi connectivity index (χ0n) is 12.9. The lowest BCUT2D eigenvalue weighted by Crippen LogP contribution is -2.26. The van der Waals surface area contributed by atoms with Crippen molar-refractivity contribution in [2.45, 2.75) is 26.2 Å². The summed E-state index contributed by atoms with van der Waals surface area (Å²) in [5.74, 6) is 1.20. The molecule has 0 radical (unpaired) electrons. The SMILES string of the molecule is CC(C)C(CNCCc1ccc(Cl)cc1)c1ccccc1. The van der Waals surface area contributed by atoms with E-state index in [9.17, 15) is 0 Å². The van der Waals surface area contributed by atoms with Crippen LogP contribution < -0.4 is 5.32 Å². The van der Waals surface area contributed by atoms with E-state index in [0.717, 1.165) is 24.5 Å². The van der Waals surface area contributed by atoms with Crippen LogP contribution in [-0.4, -0.2) is 13.1 Å². The summed E-state index contributed by atoms with van der Waals surface area (Å²) in [5.41, 5.74) is 2.75. The fourth-order valence-corrected chi connectivity index (χ4v) is 2.71. The average molecular weight is 302 g/mol. The standard InChI is InChI=1S/C19H24ClN/c1-15(2)19(17-6-4-3-5-7-17)14-21-13-12-16-8-10-18(20)11-9-16/h3-11,15,19,21H,12-14H2,1-2H3. The highest BCUT2D eigenvalue weighted by molar-refractivity contribution is 6.30. The Morgan fingerprint density at radius 3 is 2.24 bits per heavy atom. The monoisotopic (exact) mass is 301 g/mol. The number of rotatable bonds is 7. The van der Waals surface area contributed by atoms with Gasteiger partial charge in [0.25, 0.3) is 0 Å². The highest BCUT2D eigenvalue weighted by atomic mass is 35.5. The molecule has 1 N–H and O–H groups in total. The Hall–Kier alpha value is -1.31. The van der Waals surface area contributed by atoms with Crippen LogP contribution in [0.4, 0.5) is 0 Å². The molecule has 2 aromatic carbocycles. The van der Waals surface area contributed by atoms with Gasteiger partial charge in [-0.1, -0.05) is 67.9 Å². The van der Waals surface area contributed by atoms with E-state index >= 15 is 0 Å². The van der Waals surface area contributed by atoms with Crippen LogP contribution >= 0.6 is 11.6 Å². The number of benzene rings is 2. The van der Waals surface area contributed by atoms with Gasteiger partial charge in [-0.05, 0) is 48.1 Å². The predicted octanol–water partition coefficient (Wildman–Crippen LogP) is 4.91. The van der Waals surface area contributed by atoms with Crippen LogP contribution in [0.25, 0.3) is 0 Å². The van der Waals surface area contributed by atoms with E-state index in [1.807, 2.05) is 12.1 Å². The molecule has 0 aliphatic carbocycles. The molecule has 2 aromatic rings. The molecule has 0 aliphatic heterocycles. The van der Waals surface area contributed by atoms with E-state index < -0.39 is 0 Å². The topological polar surface area (TPSA) is 12.0 Å². The fourth-order valence-electron chi connectivity index (χ4n) is 2.58. The van der Waals surface area contributed by atoms with Crippen LogP contribution in [0, 0.1) is 5.92 Å². The number of hydrogen-bond acceptors (Lipinski definition) is 1. The summed E-state index contributed by atoms with van der Waals surface area (Å²) in [6.07, 6.45) is 1.04. The van der Waals surface area contributed by atoms with Gasteiger partial charge in [0.05, 0.1) is 0 Å². The molecule has 1 nitrogen and oxygen atoms in total. The Labute approximate surface area is 133 Å². The van der Waals surface area contributed by atoms with Crippen LogP contribution in [0.3, 0.4) is 0 Å². The second-order valence-corrected chi connectivity index (χ2v) is 6.28. The summed E-state index contributed by atoms with van der Waals surface area (Å²) in [6.45, 7) is 6.60. The second kappa shape index (κ2) is 8.21. The largest absolute Gasteiger partial charge is 0.316 e. The van der Waals surface area contributed by atoms with Gasteiger partial charge in [0, 0.05) is 11.6 Å². The minimum absolute atomic E-state index is 0.566. The minimum Gasteiger partial charge on any atom is -0.316 e. The zero-order valence-corrected chi connectivity index (χ0v) is 13.6. The summed E-state index contributed by atoms with van der Waals surface area (Å²) >= 11 is 5.90. The molecule has 0 heterocycles. The maximum absolute atomic E-state index is 5.90. The van der Waals surface area contributed by atoms with Gasteiger partial charge >= 0.3 is 0 Å². The lowest BCUT2D eigenvalue weighted by atomic mass is 9.88. The van der Waals surface area contributed by atoms with Crippen LogP contribution in [0.1, 0.15) is 30.9 Å². The molecule has 0 bridgehead atoms. The predicted molar refractivity (Wildman–Crippen MR) is 92.0 cm³/mol. The van der Waals surface area contributed by atoms with Gasteiger partial charge in [-0.15, -0.1) is 0 Å². The van der Waals surface area contributed by atoms with Gasteiger partial charge in [-0.3, -0.25) is 0 Å². The van der Waals surface area contributed by atoms with Crippen LogP contribution in [0.5, 0.6) is 0 Å². The van der Waals surface area contributed by atoms with Gasteiger partial charge in [0.15, 0.2) is 0 Å². The highest BCUT2D eigenvalue weighted by Gasteiger charge is 2.14. The molecule has 0 amide bonds. The molecular weight excluding hydrogens is 278 g/mol. The van der Waals surface area contributed by atoms with Crippen LogP contribution in [0.2, 0.25) is 5.02 Å². The molecule has 21 heavy (non-hydrogen) atoms. The van der Waals surface area contributed by atoms with Crippen molar-refractivity contribution < 1.29 is 0 Å². The molecular formula is C19H24ClN. The second-order valence-electron chi connectivity index (χ2n) is 5.84. The van der Waals surface area contributed by atoms with Crippen molar-refractivity contribution >= 4 is 11.6 Å². The maximum atomic E-state index is 5.90. The zero-order chi connectivity index (χ0) is 15.1. The quantitative estimate of drug-likeness (QED) is 0.716. The normalized spacial score (nSPS) is 12.6. The Bertz CT molecular complexity index is 519. The maximum Gasteiger partial charge on any atom is 0.0406 e. The van der Waals surface area contributed by atoms with Crippen molar-refractivity contribution in [3.8, 4) is 0 Å². The van der Waals surface area contributed by atoms with Crippen molar-refractivity contribution in [2.24, 2.45) is 5.92 Å². The van der Waals surface area contributed by atoms with E-state index in [2.05, 4.69) is 61.6 Å². The molecule has 0 saturated heterocycles. The first-order valence-electron chi connectivity index (χ1n) is 7.67. The molecule has 1 atom stereocenters. The lowest BCUT2D eigenvalue weighted by molar-refractivity contribution is 0.463. The molecule has 2 rings (SSSR count). The average Bonchev–Trinajstić information content (AvgIpc) is 2.49. The fraction of sp³-hybridized carbons (Fsp3) is 0.368. The molecule has 0 aliphatic rings. The smallest absolute Gasteiger partial charge is 0.0406 e. The third-order valence-corrected chi connectivity index (χ3v) is 4.15. The number of halogens is 1. The van der Waals surface area contributed by atoms with Crippen molar-refractivity contribution in [3.05, 3.63) is 70.7 Å². The summed E-state index contributed by atoms with van der Waals surface area (Å²) in [5, 5.41) is 4.40. The molecule has 0 aromatic heterocycles. The Morgan fingerprint density at radius 1 is 0.952 bits per heavy atom. The van der Waals surface area contributed by atoms with Crippen molar-refractivity contribution in [1.29, 1.82) is 0 Å². The molecule has 0 spiro atoms. The van der Waals surface area contributed by atoms with Gasteiger partial charge in [-0.25, -0.2) is 0 Å². The molecule has 0 fully saturated rings. The first kappa shape index (κ1) is 16.1. The van der Waals surface area contributed by atoms with Crippen LogP contribution in [-0.2, 0) is 6.42 Å². The van der Waals surface area contributed by atoms with Gasteiger partial charge < -0.3 is 5.32 Å². The number of nitrogens with one attached hydrogen (secondary N) is 1. The van der Waals surface area contributed by atoms with Gasteiger partial charge in [0.1, 0.15) is 0 Å². The third-order valence-electron chi connectivity index (χ3n) is 3.90. The first-order chi connectivity index (χ1) is 10.2. The Balaban J connectivity index is 1.81. The highest BCUT2D eigenvalue weighted by Crippen LogP contribution is 2.23. The Morgan fingerprint density at radius 2 is 1.62 bits per heavy atom. The van der Waals surface area contributed by atoms with E-state index in [4.69, 9.17) is 11.6 Å². The minimum atomic E-state index is 0.566. The molecule has 1 unspecified atom stereocenters. The molecule has 112 valence electrons. The van der Waals surface area contributed by atoms with Crippen molar-refractivity contribution in [1.82, 2.24) is 5.32 Å². The summed E-state index contributed by atoms with van der Waals surface area (Å²) in [7, 11) is 0. The van der Waals surface area contributed by atoms with E-state index in [0.29, 0.717) is 11.8 Å². The third kappa shape index (κ3) is 5.18. The van der Waals surface area contributed by atoms with Crippen molar-refractivity contribution in [2.75, 3.05) is 13.1 Å².